The van der Waals surface area contributed by atoms with Crippen molar-refractivity contribution in [2.24, 2.45) is 0 Å². The number of aromatic nitrogens is 4. The van der Waals surface area contributed by atoms with Gasteiger partial charge in [-0.15, -0.1) is 6.42 Å². The first-order chi connectivity index (χ1) is 22.8. The predicted octanol–water partition coefficient (Wildman–Crippen LogP) is 7.94. The molecule has 0 saturated carbocycles. The Kier molecular flexibility index (Phi) is 17.1. The van der Waals surface area contributed by atoms with E-state index in [1.54, 1.807) is 0 Å². The maximum Gasteiger partial charge on any atom is 0.312 e. The van der Waals surface area contributed by atoms with Crippen LogP contribution in [-0.4, -0.2) is 54.8 Å². The van der Waals surface area contributed by atoms with E-state index in [1.165, 1.54) is 81.5 Å². The van der Waals surface area contributed by atoms with E-state index in [0.717, 1.165) is 44.9 Å². The molecule has 2 aromatic rings. The molecule has 10 nitrogen and oxygen atoms in total. The molecule has 47 heavy (non-hydrogen) atoms. The maximum absolute atomic E-state index is 14.5. The van der Waals surface area contributed by atoms with Crippen molar-refractivity contribution >= 4 is 28.9 Å². The highest BCUT2D eigenvalue weighted by Crippen LogP contribution is 2.38. The normalized spacial score (nSPS) is 19.2. The number of ether oxygens (including phenoxy) is 2. The fraction of sp³-hybridized carbons (Fsp3) is 0.750. The molecule has 1 saturated heterocycles. The van der Waals surface area contributed by atoms with Crippen LogP contribution in [0.25, 0.3) is 11.2 Å². The van der Waals surface area contributed by atoms with Crippen molar-refractivity contribution < 1.29 is 28.6 Å². The van der Waals surface area contributed by atoms with Crippen LogP contribution in [0.1, 0.15) is 155 Å². The highest BCUT2D eigenvalue weighted by Gasteiger charge is 2.49. The van der Waals surface area contributed by atoms with Gasteiger partial charge in [0, 0.05) is 19.3 Å². The number of carbonyl (C=O) groups is 2. The van der Waals surface area contributed by atoms with Crippen molar-refractivity contribution in [3.8, 4) is 12.3 Å². The first-order valence-corrected chi connectivity index (χ1v) is 18.0. The number of hydrogen-bond donors (Lipinski definition) is 2. The summed E-state index contributed by atoms with van der Waals surface area (Å²) in [6.07, 6.45) is 25.3. The maximum atomic E-state index is 14.5. The molecule has 262 valence electrons. The molecule has 1 fully saturated rings. The van der Waals surface area contributed by atoms with Crippen LogP contribution in [0.3, 0.4) is 0 Å². The number of hydrogen-bond acceptors (Lipinski definition) is 8. The molecule has 1 amide bonds. The molecule has 0 aliphatic carbocycles. The summed E-state index contributed by atoms with van der Waals surface area (Å²) >= 11 is 0. The number of fused-ring (bicyclic) bond motifs is 1. The number of esters is 1. The second-order valence-corrected chi connectivity index (χ2v) is 12.9. The fourth-order valence-corrected chi connectivity index (χ4v) is 6.04. The third-order valence-electron chi connectivity index (χ3n) is 8.96. The summed E-state index contributed by atoms with van der Waals surface area (Å²) in [5.41, 5.74) is -1.30. The Labute approximate surface area is 280 Å². The number of terminal acetylenes is 1. The molecule has 0 spiro atoms. The Balaban J connectivity index is 1.47. The third kappa shape index (κ3) is 12.5. The van der Waals surface area contributed by atoms with Gasteiger partial charge in [-0.3, -0.25) is 14.2 Å². The van der Waals surface area contributed by atoms with Crippen LogP contribution in [0.5, 0.6) is 0 Å². The lowest BCUT2D eigenvalue weighted by Crippen LogP contribution is -2.43. The summed E-state index contributed by atoms with van der Waals surface area (Å²) in [5, 5.41) is 13.6. The van der Waals surface area contributed by atoms with E-state index in [9.17, 15) is 19.1 Å². The number of imidazole rings is 1. The number of aliphatic hydroxyl groups excluding tert-OH is 1. The molecule has 1 aliphatic heterocycles. The fourth-order valence-electron chi connectivity index (χ4n) is 6.04. The highest BCUT2D eigenvalue weighted by atomic mass is 19.1. The zero-order valence-electron chi connectivity index (χ0n) is 28.6. The third-order valence-corrected chi connectivity index (χ3v) is 8.96. The molecule has 2 aromatic heterocycles. The molecule has 3 atom stereocenters. The quantitative estimate of drug-likeness (QED) is 0.0504. The summed E-state index contributed by atoms with van der Waals surface area (Å²) in [4.78, 5) is 37.0. The highest BCUT2D eigenvalue weighted by molar-refractivity contribution is 5.96. The summed E-state index contributed by atoms with van der Waals surface area (Å²) < 4.78 is 27.5. The van der Waals surface area contributed by atoms with Crippen LogP contribution in [-0.2, 0) is 19.1 Å². The molecular formula is C36H56FN5O5. The van der Waals surface area contributed by atoms with Crippen molar-refractivity contribution in [1.82, 2.24) is 19.5 Å². The van der Waals surface area contributed by atoms with Crippen molar-refractivity contribution in [2.75, 3.05) is 11.9 Å². The van der Waals surface area contributed by atoms with Crippen molar-refractivity contribution in [2.45, 2.75) is 167 Å². The molecule has 2 N–H and O–H groups in total. The van der Waals surface area contributed by atoms with Crippen molar-refractivity contribution in [1.29, 1.82) is 0 Å². The molecule has 0 radical (unpaired) electrons. The van der Waals surface area contributed by atoms with Crippen LogP contribution in [0.4, 0.5) is 10.2 Å². The average molecular weight is 658 g/mol. The van der Waals surface area contributed by atoms with E-state index in [-0.39, 0.29) is 42.3 Å². The Bertz CT molecular complexity index is 1280. The lowest BCUT2D eigenvalue weighted by Gasteiger charge is -2.26. The van der Waals surface area contributed by atoms with Gasteiger partial charge in [-0.1, -0.05) is 123 Å². The van der Waals surface area contributed by atoms with Crippen molar-refractivity contribution in [3.05, 3.63) is 12.4 Å². The van der Waals surface area contributed by atoms with Gasteiger partial charge in [-0.05, 0) is 12.8 Å². The number of carbonyl (C=O) groups excluding carboxylic acids is 2. The number of aliphatic hydroxyl groups is 1. The van der Waals surface area contributed by atoms with E-state index >= 15 is 0 Å². The van der Waals surface area contributed by atoms with E-state index in [4.69, 9.17) is 15.9 Å². The van der Waals surface area contributed by atoms with Gasteiger partial charge >= 0.3 is 12.0 Å². The topological polar surface area (TPSA) is 128 Å². The molecule has 3 rings (SSSR count). The Morgan fingerprint density at radius 1 is 0.957 bits per heavy atom. The van der Waals surface area contributed by atoms with Crippen LogP contribution < -0.4 is 5.32 Å². The Morgan fingerprint density at radius 2 is 1.51 bits per heavy atom. The van der Waals surface area contributed by atoms with Gasteiger partial charge in [0.15, 0.2) is 22.6 Å². The summed E-state index contributed by atoms with van der Waals surface area (Å²) in [7, 11) is 0. The van der Waals surface area contributed by atoms with Crippen molar-refractivity contribution in [3.63, 3.8) is 0 Å². The van der Waals surface area contributed by atoms with Crippen LogP contribution in [0, 0.1) is 18.4 Å². The number of rotatable bonds is 24. The number of halogens is 1. The number of nitrogens with zero attached hydrogens (tertiary/aromatic N) is 4. The zero-order valence-corrected chi connectivity index (χ0v) is 28.6. The first kappa shape index (κ1) is 38.3. The summed E-state index contributed by atoms with van der Waals surface area (Å²) in [6.45, 7) is 4.09. The molecule has 3 heterocycles. The van der Waals surface area contributed by atoms with Gasteiger partial charge in [0.2, 0.25) is 5.91 Å². The molecule has 0 aromatic carbocycles. The second kappa shape index (κ2) is 21.0. The molecule has 0 bridgehead atoms. The minimum absolute atomic E-state index is 0.0274. The Morgan fingerprint density at radius 3 is 2.09 bits per heavy atom. The largest absolute Gasteiger partial charge is 0.461 e. The number of amides is 1. The number of nitrogens with one attached hydrogen (secondary N) is 1. The first-order valence-electron chi connectivity index (χ1n) is 18.0. The van der Waals surface area contributed by atoms with Gasteiger partial charge in [-0.2, -0.15) is 14.4 Å². The van der Waals surface area contributed by atoms with Gasteiger partial charge in [-0.25, -0.2) is 4.98 Å². The standard InChI is InChI=1S/C36H56FN5O5/c1-4-7-9-11-13-14-15-16-18-19-21-23-29(44)39-33-32-34(41-35(37)40-33)42(27-38-32)30-25-28(43)36(6-3,47-30)26-46-31(45)24-22-20-17-12-10-8-5-2/h3,27-28,30,43H,4-5,7-26H2,1-2H3,(H,39,40,41,44)/t28-,30+,36+/m0/s1. The lowest BCUT2D eigenvalue weighted by molar-refractivity contribution is -0.156. The minimum atomic E-state index is -1.58. The molecule has 0 unspecified atom stereocenters. The van der Waals surface area contributed by atoms with Crippen LogP contribution >= 0.6 is 0 Å². The Hall–Kier alpha value is -3.10. The van der Waals surface area contributed by atoms with E-state index in [2.05, 4.69) is 40.0 Å². The average Bonchev–Trinajstić information content (AvgIpc) is 3.63. The monoisotopic (exact) mass is 657 g/mol. The van der Waals surface area contributed by atoms with Gasteiger partial charge in [0.05, 0.1) is 6.33 Å². The summed E-state index contributed by atoms with van der Waals surface area (Å²) in [6, 6.07) is 0. The minimum Gasteiger partial charge on any atom is -0.461 e. The van der Waals surface area contributed by atoms with Gasteiger partial charge < -0.3 is 19.9 Å². The van der Waals surface area contributed by atoms with Gasteiger partial charge in [0.1, 0.15) is 18.9 Å². The number of anilines is 1. The number of unbranched alkanes of at least 4 members (excludes halogenated alkanes) is 16. The van der Waals surface area contributed by atoms with E-state index in [0.29, 0.717) is 6.42 Å². The van der Waals surface area contributed by atoms with E-state index < -0.39 is 30.0 Å². The summed E-state index contributed by atoms with van der Waals surface area (Å²) in [5.74, 6) is 1.77. The zero-order chi connectivity index (χ0) is 33.9. The smallest absolute Gasteiger partial charge is 0.312 e. The van der Waals surface area contributed by atoms with Crippen LogP contribution in [0.15, 0.2) is 6.33 Å². The SMILES string of the molecule is C#C[C@]1(COC(=O)CCCCCCCCC)O[C@@H](n2cnc3c(NC(=O)CCCCCCCCCCCCC)nc(F)nc32)C[C@@H]1O. The van der Waals surface area contributed by atoms with Crippen LogP contribution in [0.2, 0.25) is 0 Å². The lowest BCUT2D eigenvalue weighted by atomic mass is 9.99. The second-order valence-electron chi connectivity index (χ2n) is 12.9. The van der Waals surface area contributed by atoms with Gasteiger partial charge in [0.25, 0.3) is 0 Å². The molecular weight excluding hydrogens is 601 g/mol. The molecule has 1 aliphatic rings. The predicted molar refractivity (Wildman–Crippen MR) is 181 cm³/mol. The molecule has 11 heteroatoms. The van der Waals surface area contributed by atoms with E-state index in [1.807, 2.05) is 0 Å².